The molecule has 2 aromatic rings. The first-order valence-electron chi connectivity index (χ1n) is 7.36. The normalized spacial score (nSPS) is 11.5. The molecule has 0 radical (unpaired) electrons. The number of carboxylic acid groups (broad SMARTS) is 1. The van der Waals surface area contributed by atoms with Gasteiger partial charge in [0.25, 0.3) is 0 Å². The molecule has 0 aliphatic rings. The predicted molar refractivity (Wildman–Crippen MR) is 84.2 cm³/mol. The number of aliphatic hydroxyl groups is 1. The Balaban J connectivity index is 2.80. The van der Waals surface area contributed by atoms with E-state index in [0.717, 1.165) is 23.0 Å². The molecule has 0 fully saturated rings. The molecule has 0 unspecified atom stereocenters. The van der Waals surface area contributed by atoms with Crippen LogP contribution in [0.2, 0.25) is 0 Å². The molecule has 0 saturated heterocycles. The zero-order valence-electron chi connectivity index (χ0n) is 13.1. The molecular weight excluding hydrogens is 266 g/mol. The van der Waals surface area contributed by atoms with E-state index >= 15 is 0 Å². The van der Waals surface area contributed by atoms with Crippen LogP contribution in [-0.2, 0) is 6.54 Å². The Morgan fingerprint density at radius 1 is 1.29 bits per heavy atom. The van der Waals surface area contributed by atoms with Crippen molar-refractivity contribution in [2.75, 3.05) is 6.61 Å². The third kappa shape index (κ3) is 2.68. The van der Waals surface area contributed by atoms with Gasteiger partial charge in [-0.3, -0.25) is 0 Å². The van der Waals surface area contributed by atoms with Crippen LogP contribution in [0.25, 0.3) is 10.9 Å². The number of carbonyl (C=O) groups is 1. The number of aliphatic hydroxyl groups excluding tert-OH is 1. The average Bonchev–Trinajstić information content (AvgIpc) is 2.68. The molecule has 21 heavy (non-hydrogen) atoms. The Morgan fingerprint density at radius 3 is 2.48 bits per heavy atom. The predicted octanol–water partition coefficient (Wildman–Crippen LogP) is 3.46. The van der Waals surface area contributed by atoms with Gasteiger partial charge in [-0.05, 0) is 49.4 Å². The zero-order chi connectivity index (χ0) is 15.7. The monoisotopic (exact) mass is 289 g/mol. The average molecular weight is 289 g/mol. The second kappa shape index (κ2) is 5.90. The fraction of sp³-hybridized carbons (Fsp3) is 0.471. The van der Waals surface area contributed by atoms with E-state index in [2.05, 4.69) is 25.3 Å². The lowest BCUT2D eigenvalue weighted by Gasteiger charge is -2.10. The Morgan fingerprint density at radius 2 is 1.95 bits per heavy atom. The van der Waals surface area contributed by atoms with Gasteiger partial charge in [0.1, 0.15) is 0 Å². The van der Waals surface area contributed by atoms with Gasteiger partial charge in [-0.25, -0.2) is 4.79 Å². The highest BCUT2D eigenvalue weighted by Crippen LogP contribution is 2.34. The van der Waals surface area contributed by atoms with Gasteiger partial charge in [-0.2, -0.15) is 0 Å². The summed E-state index contributed by atoms with van der Waals surface area (Å²) in [7, 11) is 0. The molecule has 0 aliphatic heterocycles. The first kappa shape index (κ1) is 15.6. The molecule has 0 atom stereocenters. The molecule has 0 spiro atoms. The van der Waals surface area contributed by atoms with E-state index < -0.39 is 5.97 Å². The van der Waals surface area contributed by atoms with Crippen molar-refractivity contribution in [1.82, 2.24) is 4.57 Å². The molecular formula is C17H23NO3. The molecule has 1 aromatic heterocycles. The van der Waals surface area contributed by atoms with Gasteiger partial charge in [0.15, 0.2) is 0 Å². The molecule has 2 N–H and O–H groups in total. The lowest BCUT2D eigenvalue weighted by molar-refractivity contribution is 0.0697. The summed E-state index contributed by atoms with van der Waals surface area (Å²) in [5.74, 6) is -0.568. The number of nitrogens with zero attached hydrogens (tertiary/aromatic N) is 1. The second-order valence-corrected chi connectivity index (χ2v) is 5.88. The molecule has 1 aromatic carbocycles. The first-order valence-corrected chi connectivity index (χ1v) is 7.36. The van der Waals surface area contributed by atoms with Crippen LogP contribution < -0.4 is 0 Å². The fourth-order valence-electron chi connectivity index (χ4n) is 3.21. The Hall–Kier alpha value is -1.81. The Bertz CT molecular complexity index is 683. The van der Waals surface area contributed by atoms with E-state index in [9.17, 15) is 9.90 Å². The maximum absolute atomic E-state index is 11.3. The quantitative estimate of drug-likeness (QED) is 0.886. The largest absolute Gasteiger partial charge is 0.478 e. The maximum Gasteiger partial charge on any atom is 0.335 e. The van der Waals surface area contributed by atoms with Crippen LogP contribution in [0.5, 0.6) is 0 Å². The van der Waals surface area contributed by atoms with Gasteiger partial charge < -0.3 is 14.8 Å². The van der Waals surface area contributed by atoms with Crippen LogP contribution in [0.4, 0.5) is 0 Å². The van der Waals surface area contributed by atoms with Crippen LogP contribution >= 0.6 is 0 Å². The fourth-order valence-corrected chi connectivity index (χ4v) is 3.21. The van der Waals surface area contributed by atoms with E-state index in [-0.39, 0.29) is 6.61 Å². The zero-order valence-corrected chi connectivity index (χ0v) is 13.1. The minimum atomic E-state index is -0.893. The molecule has 2 rings (SSSR count). The highest BCUT2D eigenvalue weighted by molar-refractivity contribution is 5.97. The van der Waals surface area contributed by atoms with E-state index in [1.807, 2.05) is 6.92 Å². The number of hydrogen-bond acceptors (Lipinski definition) is 2. The van der Waals surface area contributed by atoms with E-state index in [1.54, 1.807) is 12.1 Å². The van der Waals surface area contributed by atoms with Gasteiger partial charge in [-0.15, -0.1) is 0 Å². The minimum Gasteiger partial charge on any atom is -0.478 e. The van der Waals surface area contributed by atoms with Gasteiger partial charge in [0, 0.05) is 24.2 Å². The van der Waals surface area contributed by atoms with Crippen molar-refractivity contribution in [2.24, 2.45) is 0 Å². The highest BCUT2D eigenvalue weighted by Gasteiger charge is 2.19. The summed E-state index contributed by atoms with van der Waals surface area (Å²) in [5.41, 5.74) is 4.77. The lowest BCUT2D eigenvalue weighted by Crippen LogP contribution is -2.04. The molecule has 4 nitrogen and oxygen atoms in total. The number of rotatable bonds is 5. The van der Waals surface area contributed by atoms with Gasteiger partial charge in [0.2, 0.25) is 0 Å². The molecule has 0 amide bonds. The maximum atomic E-state index is 11.3. The summed E-state index contributed by atoms with van der Waals surface area (Å²) < 4.78 is 2.21. The molecule has 114 valence electrons. The Labute approximate surface area is 125 Å². The number of carboxylic acids is 1. The molecule has 0 bridgehead atoms. The van der Waals surface area contributed by atoms with Crippen LogP contribution in [0.3, 0.4) is 0 Å². The van der Waals surface area contributed by atoms with Gasteiger partial charge >= 0.3 is 5.97 Å². The number of aromatic nitrogens is 1. The Kier molecular flexibility index (Phi) is 4.37. The van der Waals surface area contributed by atoms with Crippen LogP contribution in [0, 0.1) is 13.8 Å². The summed E-state index contributed by atoms with van der Waals surface area (Å²) in [6.45, 7) is 9.18. The second-order valence-electron chi connectivity index (χ2n) is 5.88. The number of fused-ring (bicyclic) bond motifs is 1. The summed E-state index contributed by atoms with van der Waals surface area (Å²) in [4.78, 5) is 11.3. The topological polar surface area (TPSA) is 62.5 Å². The van der Waals surface area contributed by atoms with Crippen molar-refractivity contribution < 1.29 is 15.0 Å². The first-order chi connectivity index (χ1) is 9.88. The molecule has 1 heterocycles. The van der Waals surface area contributed by atoms with E-state index in [1.165, 1.54) is 11.3 Å². The van der Waals surface area contributed by atoms with E-state index in [0.29, 0.717) is 17.9 Å². The molecule has 4 heteroatoms. The number of hydrogen-bond donors (Lipinski definition) is 2. The standard InChI is InChI=1S/C17H23NO3/c1-10(2)15-12(4)18(6-5-7-19)16-11(3)8-13(17(20)21)9-14(15)16/h8-10,19H,5-7H2,1-4H3,(H,20,21). The summed E-state index contributed by atoms with van der Waals surface area (Å²) in [5, 5.41) is 19.4. The number of benzene rings is 1. The van der Waals surface area contributed by atoms with Crippen LogP contribution in [0.1, 0.15) is 53.4 Å². The number of aryl methyl sites for hydroxylation is 2. The van der Waals surface area contributed by atoms with Crippen molar-refractivity contribution in [3.63, 3.8) is 0 Å². The van der Waals surface area contributed by atoms with Crippen molar-refractivity contribution >= 4 is 16.9 Å². The van der Waals surface area contributed by atoms with Crippen LogP contribution in [0.15, 0.2) is 12.1 Å². The van der Waals surface area contributed by atoms with Crippen molar-refractivity contribution in [3.8, 4) is 0 Å². The summed E-state index contributed by atoms with van der Waals surface area (Å²) in [6, 6.07) is 3.51. The lowest BCUT2D eigenvalue weighted by atomic mass is 9.97. The number of aromatic carboxylic acids is 1. The van der Waals surface area contributed by atoms with Crippen LogP contribution in [-0.4, -0.2) is 27.4 Å². The molecule has 0 aliphatic carbocycles. The summed E-state index contributed by atoms with van der Waals surface area (Å²) in [6.07, 6.45) is 0.697. The third-order valence-electron chi connectivity index (χ3n) is 4.02. The van der Waals surface area contributed by atoms with E-state index in [4.69, 9.17) is 5.11 Å². The SMILES string of the molecule is Cc1cc(C(=O)O)cc2c(C(C)C)c(C)n(CCCO)c12. The van der Waals surface area contributed by atoms with Crippen molar-refractivity contribution in [1.29, 1.82) is 0 Å². The van der Waals surface area contributed by atoms with Crippen molar-refractivity contribution in [2.45, 2.75) is 46.6 Å². The molecule has 0 saturated carbocycles. The smallest absolute Gasteiger partial charge is 0.335 e. The highest BCUT2D eigenvalue weighted by atomic mass is 16.4. The van der Waals surface area contributed by atoms with Crippen molar-refractivity contribution in [3.05, 3.63) is 34.5 Å². The summed E-state index contributed by atoms with van der Waals surface area (Å²) >= 11 is 0. The van der Waals surface area contributed by atoms with Gasteiger partial charge in [-0.1, -0.05) is 13.8 Å². The van der Waals surface area contributed by atoms with Gasteiger partial charge in [0.05, 0.1) is 11.1 Å². The third-order valence-corrected chi connectivity index (χ3v) is 4.02. The minimum absolute atomic E-state index is 0.155.